The van der Waals surface area contributed by atoms with Gasteiger partial charge in [-0.25, -0.2) is 0 Å². The summed E-state index contributed by atoms with van der Waals surface area (Å²) in [6.45, 7) is 9.90. The number of para-hydroxylation sites is 1. The maximum atomic E-state index is 5.55. The lowest BCUT2D eigenvalue weighted by Gasteiger charge is -2.32. The number of aryl methyl sites for hydroxylation is 1. The summed E-state index contributed by atoms with van der Waals surface area (Å²) in [5, 5.41) is 0. The Balaban J connectivity index is 1.77. The molecule has 2 aromatic rings. The molecule has 4 nitrogen and oxygen atoms in total. The fourth-order valence-corrected chi connectivity index (χ4v) is 3.76. The normalized spacial score (nSPS) is 14.8. The van der Waals surface area contributed by atoms with Gasteiger partial charge < -0.3 is 14.5 Å². The molecule has 0 bridgehead atoms. The highest BCUT2D eigenvalue weighted by Crippen LogP contribution is 2.24. The van der Waals surface area contributed by atoms with E-state index in [0.717, 1.165) is 58.9 Å². The minimum absolute atomic E-state index is 0.822. The SMILES string of the molecule is CCc1cccc(CN(CCN(C)C)Cc2ccccc2N2CCOCC2)c1. The monoisotopic (exact) mass is 381 g/mol. The third kappa shape index (κ3) is 6.06. The van der Waals surface area contributed by atoms with Gasteiger partial charge in [0.2, 0.25) is 0 Å². The molecular formula is C24H35N3O. The van der Waals surface area contributed by atoms with Gasteiger partial charge in [-0.05, 0) is 43.3 Å². The van der Waals surface area contributed by atoms with Crippen molar-refractivity contribution >= 4 is 5.69 Å². The first-order valence-electron chi connectivity index (χ1n) is 10.5. The molecule has 1 heterocycles. The number of hydrogen-bond donors (Lipinski definition) is 0. The minimum atomic E-state index is 0.822. The van der Waals surface area contributed by atoms with Gasteiger partial charge in [0.1, 0.15) is 0 Å². The fraction of sp³-hybridized carbons (Fsp3) is 0.500. The molecule has 2 aromatic carbocycles. The molecule has 0 N–H and O–H groups in total. The Morgan fingerprint density at radius 1 is 0.893 bits per heavy atom. The topological polar surface area (TPSA) is 19.0 Å². The van der Waals surface area contributed by atoms with E-state index in [0.29, 0.717) is 0 Å². The zero-order valence-corrected chi connectivity index (χ0v) is 17.7. The van der Waals surface area contributed by atoms with Crippen molar-refractivity contribution in [1.29, 1.82) is 0 Å². The summed E-state index contributed by atoms with van der Waals surface area (Å²) >= 11 is 0. The van der Waals surface area contributed by atoms with Gasteiger partial charge in [0, 0.05) is 45.0 Å². The molecule has 1 fully saturated rings. The van der Waals surface area contributed by atoms with Crippen molar-refractivity contribution in [1.82, 2.24) is 9.80 Å². The molecule has 0 aliphatic carbocycles. The molecule has 0 saturated carbocycles. The van der Waals surface area contributed by atoms with Gasteiger partial charge in [-0.3, -0.25) is 4.90 Å². The Morgan fingerprint density at radius 3 is 2.39 bits per heavy atom. The molecule has 1 aliphatic heterocycles. The number of rotatable bonds is 9. The van der Waals surface area contributed by atoms with Crippen LogP contribution in [-0.2, 0) is 24.2 Å². The van der Waals surface area contributed by atoms with Crippen LogP contribution < -0.4 is 4.90 Å². The summed E-state index contributed by atoms with van der Waals surface area (Å²) in [5.74, 6) is 0. The molecule has 0 unspecified atom stereocenters. The van der Waals surface area contributed by atoms with Crippen molar-refractivity contribution in [3.8, 4) is 0 Å². The molecule has 28 heavy (non-hydrogen) atoms. The predicted octanol–water partition coefficient (Wildman–Crippen LogP) is 3.65. The first-order valence-corrected chi connectivity index (χ1v) is 10.5. The van der Waals surface area contributed by atoms with Crippen LogP contribution in [0.5, 0.6) is 0 Å². The van der Waals surface area contributed by atoms with Crippen LogP contribution in [0.3, 0.4) is 0 Å². The first-order chi connectivity index (χ1) is 13.7. The summed E-state index contributed by atoms with van der Waals surface area (Å²) in [6, 6.07) is 17.9. The second-order valence-corrected chi connectivity index (χ2v) is 7.92. The van der Waals surface area contributed by atoms with Crippen molar-refractivity contribution in [2.24, 2.45) is 0 Å². The van der Waals surface area contributed by atoms with Crippen LogP contribution in [0.2, 0.25) is 0 Å². The van der Waals surface area contributed by atoms with Gasteiger partial charge in [-0.15, -0.1) is 0 Å². The van der Waals surface area contributed by atoms with Crippen molar-refractivity contribution in [3.63, 3.8) is 0 Å². The smallest absolute Gasteiger partial charge is 0.0642 e. The fourth-order valence-electron chi connectivity index (χ4n) is 3.76. The average Bonchev–Trinajstić information content (AvgIpc) is 2.73. The van der Waals surface area contributed by atoms with Crippen LogP contribution in [0.25, 0.3) is 0 Å². The summed E-state index contributed by atoms with van der Waals surface area (Å²) in [7, 11) is 4.30. The van der Waals surface area contributed by atoms with E-state index < -0.39 is 0 Å². The Labute approximate surface area is 170 Å². The molecule has 1 aliphatic rings. The molecule has 4 heteroatoms. The summed E-state index contributed by atoms with van der Waals surface area (Å²) in [5.41, 5.74) is 5.60. The van der Waals surface area contributed by atoms with Gasteiger partial charge >= 0.3 is 0 Å². The highest BCUT2D eigenvalue weighted by molar-refractivity contribution is 5.54. The van der Waals surface area contributed by atoms with Gasteiger partial charge in [0.15, 0.2) is 0 Å². The van der Waals surface area contributed by atoms with Gasteiger partial charge in [-0.2, -0.15) is 0 Å². The lowest BCUT2D eigenvalue weighted by atomic mass is 10.1. The number of ether oxygens (including phenoxy) is 1. The van der Waals surface area contributed by atoms with Gasteiger partial charge in [0.05, 0.1) is 13.2 Å². The van der Waals surface area contributed by atoms with Gasteiger partial charge in [0.25, 0.3) is 0 Å². The van der Waals surface area contributed by atoms with Crippen LogP contribution in [0, 0.1) is 0 Å². The zero-order chi connectivity index (χ0) is 19.8. The maximum Gasteiger partial charge on any atom is 0.0642 e. The van der Waals surface area contributed by atoms with Crippen molar-refractivity contribution in [2.45, 2.75) is 26.4 Å². The molecule has 1 saturated heterocycles. The highest BCUT2D eigenvalue weighted by Gasteiger charge is 2.16. The van der Waals surface area contributed by atoms with Crippen LogP contribution in [0.1, 0.15) is 23.6 Å². The van der Waals surface area contributed by atoms with E-state index in [1.807, 2.05) is 0 Å². The lowest BCUT2D eigenvalue weighted by Crippen LogP contribution is -2.37. The molecule has 0 amide bonds. The van der Waals surface area contributed by atoms with Crippen LogP contribution in [0.15, 0.2) is 48.5 Å². The molecule has 0 atom stereocenters. The van der Waals surface area contributed by atoms with Crippen molar-refractivity contribution in [2.75, 3.05) is 58.4 Å². The van der Waals surface area contributed by atoms with Gasteiger partial charge in [-0.1, -0.05) is 49.4 Å². The van der Waals surface area contributed by atoms with Crippen LogP contribution in [-0.4, -0.2) is 63.3 Å². The Kier molecular flexibility index (Phi) is 7.90. The summed E-state index contributed by atoms with van der Waals surface area (Å²) in [4.78, 5) is 7.32. The minimum Gasteiger partial charge on any atom is -0.378 e. The van der Waals surface area contributed by atoms with E-state index >= 15 is 0 Å². The molecule has 3 rings (SSSR count). The third-order valence-electron chi connectivity index (χ3n) is 5.41. The summed E-state index contributed by atoms with van der Waals surface area (Å²) < 4.78 is 5.55. The second-order valence-electron chi connectivity index (χ2n) is 7.92. The first kappa shape index (κ1) is 20.8. The van der Waals surface area contributed by atoms with Crippen molar-refractivity contribution < 1.29 is 4.74 Å². The largest absolute Gasteiger partial charge is 0.378 e. The predicted molar refractivity (Wildman–Crippen MR) is 118 cm³/mol. The Bertz CT molecular complexity index is 725. The number of anilines is 1. The van der Waals surface area contributed by atoms with E-state index in [1.54, 1.807) is 0 Å². The van der Waals surface area contributed by atoms with Crippen LogP contribution >= 0.6 is 0 Å². The molecular weight excluding hydrogens is 346 g/mol. The Hall–Kier alpha value is -1.88. The lowest BCUT2D eigenvalue weighted by molar-refractivity contribution is 0.122. The number of morpholine rings is 1. The maximum absolute atomic E-state index is 5.55. The zero-order valence-electron chi connectivity index (χ0n) is 17.7. The number of hydrogen-bond acceptors (Lipinski definition) is 4. The van der Waals surface area contributed by atoms with E-state index in [9.17, 15) is 0 Å². The molecule has 0 aromatic heterocycles. The van der Waals surface area contributed by atoms with Crippen molar-refractivity contribution in [3.05, 3.63) is 65.2 Å². The third-order valence-corrected chi connectivity index (χ3v) is 5.41. The Morgan fingerprint density at radius 2 is 1.64 bits per heavy atom. The quantitative estimate of drug-likeness (QED) is 0.660. The highest BCUT2D eigenvalue weighted by atomic mass is 16.5. The molecule has 0 radical (unpaired) electrons. The van der Waals surface area contributed by atoms with E-state index in [-0.39, 0.29) is 0 Å². The second kappa shape index (κ2) is 10.6. The number of likely N-dealkylation sites (N-methyl/N-ethyl adjacent to an activating group) is 1. The van der Waals surface area contributed by atoms with E-state index in [1.165, 1.54) is 22.4 Å². The average molecular weight is 382 g/mol. The molecule has 152 valence electrons. The van der Waals surface area contributed by atoms with E-state index in [2.05, 4.69) is 84.2 Å². The number of benzene rings is 2. The molecule has 0 spiro atoms. The standard InChI is InChI=1S/C24H35N3O/c1-4-21-8-7-9-22(18-21)19-26(13-12-25(2)3)20-23-10-5-6-11-24(23)27-14-16-28-17-15-27/h5-11,18H,4,12-17,19-20H2,1-3H3. The van der Waals surface area contributed by atoms with Crippen LogP contribution in [0.4, 0.5) is 5.69 Å². The summed E-state index contributed by atoms with van der Waals surface area (Å²) in [6.07, 6.45) is 1.09. The van der Waals surface area contributed by atoms with E-state index in [4.69, 9.17) is 4.74 Å². The number of nitrogens with zero attached hydrogens (tertiary/aromatic N) is 3.